The zero-order chi connectivity index (χ0) is 28.3. The molecular weight excluding hydrogens is 502 g/mol. The maximum absolute atomic E-state index is 13.5. The Morgan fingerprint density at radius 2 is 1.76 bits per heavy atom. The smallest absolute Gasteiger partial charge is 0.242 e. The quantitative estimate of drug-likeness (QED) is 0.331. The van der Waals surface area contributed by atoms with E-state index in [1.165, 1.54) is 10.6 Å². The number of sulfonamides is 1. The maximum Gasteiger partial charge on any atom is 0.242 e. The molecule has 2 rings (SSSR count). The van der Waals surface area contributed by atoms with Crippen molar-refractivity contribution in [2.75, 3.05) is 30.8 Å². The molecule has 0 saturated heterocycles. The molecule has 2 aromatic carbocycles. The standard InChI is InChI=1S/C29H43N3O5S/c1-7-9-17-30-29(34)27(8-2)31(21-24-12-10-13-26(20-24)37-5)28(33)14-11-18-32(38(6,35)36)25-16-15-22(3)23(4)19-25/h10,12-13,15-16,19-20,27H,7-9,11,14,17-18,21H2,1-6H3,(H,30,34). The van der Waals surface area contributed by atoms with Gasteiger partial charge in [-0.1, -0.05) is 38.5 Å². The van der Waals surface area contributed by atoms with Crippen LogP contribution in [0.15, 0.2) is 42.5 Å². The first-order valence-electron chi connectivity index (χ1n) is 13.3. The molecule has 1 unspecified atom stereocenters. The van der Waals surface area contributed by atoms with Crippen molar-refractivity contribution in [2.45, 2.75) is 72.4 Å². The van der Waals surface area contributed by atoms with Gasteiger partial charge in [-0.25, -0.2) is 8.42 Å². The predicted octanol–water partition coefficient (Wildman–Crippen LogP) is 4.58. The summed E-state index contributed by atoms with van der Waals surface area (Å²) in [7, 11) is -1.95. The number of amides is 2. The average molecular weight is 546 g/mol. The molecule has 38 heavy (non-hydrogen) atoms. The molecule has 0 aliphatic carbocycles. The molecule has 2 amide bonds. The van der Waals surface area contributed by atoms with E-state index in [0.717, 1.165) is 29.5 Å². The lowest BCUT2D eigenvalue weighted by Crippen LogP contribution is -2.49. The van der Waals surface area contributed by atoms with Crippen molar-refractivity contribution in [2.24, 2.45) is 0 Å². The van der Waals surface area contributed by atoms with Crippen LogP contribution in [0, 0.1) is 13.8 Å². The van der Waals surface area contributed by atoms with Crippen LogP contribution in [0.25, 0.3) is 0 Å². The van der Waals surface area contributed by atoms with Crippen LogP contribution in [0.1, 0.15) is 62.6 Å². The van der Waals surface area contributed by atoms with E-state index in [9.17, 15) is 18.0 Å². The molecule has 0 fully saturated rings. The summed E-state index contributed by atoms with van der Waals surface area (Å²) in [6.45, 7) is 8.84. The van der Waals surface area contributed by atoms with E-state index in [-0.39, 0.29) is 31.3 Å². The second kappa shape index (κ2) is 14.8. The first kappa shape index (κ1) is 31.1. The monoisotopic (exact) mass is 545 g/mol. The van der Waals surface area contributed by atoms with Crippen molar-refractivity contribution < 1.29 is 22.7 Å². The number of nitrogens with one attached hydrogen (secondary N) is 1. The maximum atomic E-state index is 13.5. The van der Waals surface area contributed by atoms with E-state index in [4.69, 9.17) is 4.74 Å². The first-order valence-corrected chi connectivity index (χ1v) is 15.1. The molecule has 8 nitrogen and oxygen atoms in total. The molecule has 0 heterocycles. The Hall–Kier alpha value is -3.07. The molecule has 9 heteroatoms. The highest BCUT2D eigenvalue weighted by atomic mass is 32.2. The number of unbranched alkanes of at least 4 members (excludes halogenated alkanes) is 1. The van der Waals surface area contributed by atoms with E-state index in [1.807, 2.05) is 57.2 Å². The van der Waals surface area contributed by atoms with E-state index >= 15 is 0 Å². The fraction of sp³-hybridized carbons (Fsp3) is 0.517. The SMILES string of the molecule is CCCCNC(=O)C(CC)N(Cc1cccc(OC)c1)C(=O)CCCN(c1ccc(C)c(C)c1)S(C)(=O)=O. The van der Waals surface area contributed by atoms with Crippen LogP contribution in [-0.2, 0) is 26.2 Å². The summed E-state index contributed by atoms with van der Waals surface area (Å²) < 4.78 is 31.8. The van der Waals surface area contributed by atoms with Crippen LogP contribution in [0.3, 0.4) is 0 Å². The second-order valence-electron chi connectivity index (χ2n) is 9.65. The Bertz CT molecular complexity index is 1180. The Morgan fingerprint density at radius 1 is 1.03 bits per heavy atom. The molecule has 0 saturated carbocycles. The van der Waals surface area contributed by atoms with Crippen LogP contribution >= 0.6 is 0 Å². The summed E-state index contributed by atoms with van der Waals surface area (Å²) in [6.07, 6.45) is 3.90. The number of aryl methyl sites for hydroxylation is 2. The fourth-order valence-corrected chi connectivity index (χ4v) is 5.24. The minimum Gasteiger partial charge on any atom is -0.497 e. The van der Waals surface area contributed by atoms with Gasteiger partial charge in [0.05, 0.1) is 19.1 Å². The Labute approximate surface area is 228 Å². The second-order valence-corrected chi connectivity index (χ2v) is 11.6. The Balaban J connectivity index is 2.23. The van der Waals surface area contributed by atoms with Gasteiger partial charge in [-0.2, -0.15) is 0 Å². The van der Waals surface area contributed by atoms with Gasteiger partial charge < -0.3 is 15.0 Å². The van der Waals surface area contributed by atoms with Gasteiger partial charge in [-0.05, 0) is 74.1 Å². The lowest BCUT2D eigenvalue weighted by atomic mass is 10.1. The summed E-state index contributed by atoms with van der Waals surface area (Å²) in [5.41, 5.74) is 3.51. The summed E-state index contributed by atoms with van der Waals surface area (Å²) in [5, 5.41) is 2.96. The van der Waals surface area contributed by atoms with Gasteiger partial charge >= 0.3 is 0 Å². The molecule has 2 aromatic rings. The molecule has 0 bridgehead atoms. The van der Waals surface area contributed by atoms with E-state index in [2.05, 4.69) is 12.2 Å². The number of nitrogens with zero attached hydrogens (tertiary/aromatic N) is 2. The number of anilines is 1. The van der Waals surface area contributed by atoms with Gasteiger partial charge in [0.15, 0.2) is 0 Å². The highest BCUT2D eigenvalue weighted by molar-refractivity contribution is 7.92. The predicted molar refractivity (Wildman–Crippen MR) is 153 cm³/mol. The third kappa shape index (κ3) is 9.04. The number of methoxy groups -OCH3 is 1. The van der Waals surface area contributed by atoms with Crippen molar-refractivity contribution in [3.8, 4) is 5.75 Å². The molecule has 1 N–H and O–H groups in total. The molecule has 210 valence electrons. The Morgan fingerprint density at radius 3 is 2.37 bits per heavy atom. The van der Waals surface area contributed by atoms with Crippen LogP contribution in [0.5, 0.6) is 5.75 Å². The van der Waals surface area contributed by atoms with Crippen molar-refractivity contribution in [3.63, 3.8) is 0 Å². The average Bonchev–Trinajstić information content (AvgIpc) is 2.87. The number of benzene rings is 2. The zero-order valence-electron chi connectivity index (χ0n) is 23.6. The molecular formula is C29H43N3O5S. The number of ether oxygens (including phenoxy) is 1. The van der Waals surface area contributed by atoms with Gasteiger partial charge in [0.1, 0.15) is 11.8 Å². The molecule has 0 aromatic heterocycles. The van der Waals surface area contributed by atoms with Crippen LogP contribution < -0.4 is 14.4 Å². The van der Waals surface area contributed by atoms with Crippen molar-refractivity contribution in [3.05, 3.63) is 59.2 Å². The van der Waals surface area contributed by atoms with Crippen LogP contribution in [-0.4, -0.2) is 57.6 Å². The van der Waals surface area contributed by atoms with Gasteiger partial charge in [-0.15, -0.1) is 0 Å². The highest BCUT2D eigenvalue weighted by Gasteiger charge is 2.29. The van der Waals surface area contributed by atoms with Crippen molar-refractivity contribution >= 4 is 27.5 Å². The summed E-state index contributed by atoms with van der Waals surface area (Å²) >= 11 is 0. The van der Waals surface area contributed by atoms with Gasteiger partial charge in [0.2, 0.25) is 21.8 Å². The van der Waals surface area contributed by atoms with Crippen LogP contribution in [0.4, 0.5) is 5.69 Å². The van der Waals surface area contributed by atoms with Gasteiger partial charge in [-0.3, -0.25) is 13.9 Å². The molecule has 0 aliphatic heterocycles. The lowest BCUT2D eigenvalue weighted by molar-refractivity contribution is -0.141. The topological polar surface area (TPSA) is 96.0 Å². The minimum atomic E-state index is -3.54. The lowest BCUT2D eigenvalue weighted by Gasteiger charge is -2.31. The fourth-order valence-electron chi connectivity index (χ4n) is 4.28. The van der Waals surface area contributed by atoms with Crippen molar-refractivity contribution in [1.82, 2.24) is 10.2 Å². The van der Waals surface area contributed by atoms with Gasteiger partial charge in [0, 0.05) is 26.1 Å². The highest BCUT2D eigenvalue weighted by Crippen LogP contribution is 2.23. The molecule has 0 aliphatic rings. The van der Waals surface area contributed by atoms with Crippen LogP contribution in [0.2, 0.25) is 0 Å². The van der Waals surface area contributed by atoms with E-state index in [1.54, 1.807) is 18.1 Å². The third-order valence-electron chi connectivity index (χ3n) is 6.63. The van der Waals surface area contributed by atoms with E-state index in [0.29, 0.717) is 30.8 Å². The molecule has 1 atom stereocenters. The zero-order valence-corrected chi connectivity index (χ0v) is 24.4. The molecule has 0 radical (unpaired) electrons. The van der Waals surface area contributed by atoms with Gasteiger partial charge in [0.25, 0.3) is 0 Å². The minimum absolute atomic E-state index is 0.111. The summed E-state index contributed by atoms with van der Waals surface area (Å²) in [5.74, 6) is 0.302. The first-order chi connectivity index (χ1) is 18.0. The summed E-state index contributed by atoms with van der Waals surface area (Å²) in [4.78, 5) is 28.2. The van der Waals surface area contributed by atoms with Crippen molar-refractivity contribution in [1.29, 1.82) is 0 Å². The number of carbonyl (C=O) groups is 2. The number of hydrogen-bond donors (Lipinski definition) is 1. The largest absolute Gasteiger partial charge is 0.497 e. The normalized spacial score (nSPS) is 12.1. The van der Waals surface area contributed by atoms with E-state index < -0.39 is 16.1 Å². The number of hydrogen-bond acceptors (Lipinski definition) is 5. The third-order valence-corrected chi connectivity index (χ3v) is 7.83. The molecule has 0 spiro atoms. The summed E-state index contributed by atoms with van der Waals surface area (Å²) in [6, 6.07) is 12.3. The number of carbonyl (C=O) groups excluding carboxylic acids is 2. The Kier molecular flexibility index (Phi) is 12.1. The number of rotatable bonds is 15.